The second kappa shape index (κ2) is 7.33. The van der Waals surface area contributed by atoms with Crippen molar-refractivity contribution in [2.75, 3.05) is 18.0 Å². The Morgan fingerprint density at radius 1 is 1.35 bits per heavy atom. The van der Waals surface area contributed by atoms with Crippen LogP contribution in [0.15, 0.2) is 18.2 Å². The Kier molecular flexibility index (Phi) is 5.74. The van der Waals surface area contributed by atoms with E-state index in [9.17, 15) is 0 Å². The zero-order valence-electron chi connectivity index (χ0n) is 13.0. The molecule has 112 valence electrons. The highest BCUT2D eigenvalue weighted by Crippen LogP contribution is 2.36. The number of hydrogen-bond acceptors (Lipinski definition) is 2. The van der Waals surface area contributed by atoms with Crippen LogP contribution in [0.4, 0.5) is 5.69 Å². The second-order valence-electron chi connectivity index (χ2n) is 6.19. The molecular formula is C17H27ClN2. The first kappa shape index (κ1) is 15.7. The van der Waals surface area contributed by atoms with Crippen molar-refractivity contribution >= 4 is 17.3 Å². The number of rotatable bonds is 8. The summed E-state index contributed by atoms with van der Waals surface area (Å²) < 4.78 is 0. The Labute approximate surface area is 128 Å². The van der Waals surface area contributed by atoms with Gasteiger partial charge in [0.05, 0.1) is 0 Å². The van der Waals surface area contributed by atoms with Gasteiger partial charge in [-0.1, -0.05) is 38.4 Å². The Hall–Kier alpha value is -0.730. The molecule has 3 heteroatoms. The average Bonchev–Trinajstić information content (AvgIpc) is 3.22. The smallest absolute Gasteiger partial charge is 0.0471 e. The molecule has 0 amide bonds. The topological polar surface area (TPSA) is 15.3 Å². The summed E-state index contributed by atoms with van der Waals surface area (Å²) in [6.45, 7) is 9.79. The summed E-state index contributed by atoms with van der Waals surface area (Å²) in [6.07, 6.45) is 3.79. The first-order valence-corrected chi connectivity index (χ1v) is 8.26. The molecule has 0 unspecified atom stereocenters. The van der Waals surface area contributed by atoms with Gasteiger partial charge in [0, 0.05) is 35.4 Å². The molecule has 1 aliphatic carbocycles. The van der Waals surface area contributed by atoms with Crippen LogP contribution in [-0.2, 0) is 6.54 Å². The van der Waals surface area contributed by atoms with Gasteiger partial charge < -0.3 is 10.2 Å². The molecule has 0 aliphatic heterocycles. The summed E-state index contributed by atoms with van der Waals surface area (Å²) in [7, 11) is 0. The van der Waals surface area contributed by atoms with Crippen molar-refractivity contribution in [1.29, 1.82) is 0 Å². The van der Waals surface area contributed by atoms with E-state index in [1.165, 1.54) is 24.1 Å². The van der Waals surface area contributed by atoms with Crippen molar-refractivity contribution in [2.24, 2.45) is 5.92 Å². The number of anilines is 1. The van der Waals surface area contributed by atoms with E-state index in [-0.39, 0.29) is 0 Å². The fraction of sp³-hybridized carbons (Fsp3) is 0.647. The van der Waals surface area contributed by atoms with Gasteiger partial charge in [0.15, 0.2) is 0 Å². The highest BCUT2D eigenvalue weighted by atomic mass is 35.5. The summed E-state index contributed by atoms with van der Waals surface area (Å²) in [5, 5.41) is 4.38. The average molecular weight is 295 g/mol. The lowest BCUT2D eigenvalue weighted by atomic mass is 10.1. The van der Waals surface area contributed by atoms with E-state index in [1.807, 2.05) is 6.07 Å². The molecule has 0 radical (unpaired) electrons. The van der Waals surface area contributed by atoms with Gasteiger partial charge in [-0.25, -0.2) is 0 Å². The van der Waals surface area contributed by atoms with Crippen LogP contribution in [0.1, 0.15) is 45.6 Å². The number of nitrogens with one attached hydrogen (secondary N) is 1. The van der Waals surface area contributed by atoms with Crippen LogP contribution in [-0.4, -0.2) is 19.1 Å². The second-order valence-corrected chi connectivity index (χ2v) is 6.60. The fourth-order valence-corrected chi connectivity index (χ4v) is 2.84. The van der Waals surface area contributed by atoms with Crippen molar-refractivity contribution in [3.63, 3.8) is 0 Å². The van der Waals surface area contributed by atoms with E-state index < -0.39 is 0 Å². The zero-order chi connectivity index (χ0) is 14.5. The largest absolute Gasteiger partial charge is 0.368 e. The first-order chi connectivity index (χ1) is 9.63. The maximum atomic E-state index is 6.45. The molecule has 20 heavy (non-hydrogen) atoms. The molecule has 1 N–H and O–H groups in total. The Bertz CT molecular complexity index is 427. The molecule has 0 atom stereocenters. The van der Waals surface area contributed by atoms with Gasteiger partial charge in [-0.2, -0.15) is 0 Å². The fourth-order valence-electron chi connectivity index (χ4n) is 2.61. The molecule has 2 nitrogen and oxygen atoms in total. The van der Waals surface area contributed by atoms with Crippen molar-refractivity contribution in [3.05, 3.63) is 28.8 Å². The van der Waals surface area contributed by atoms with Gasteiger partial charge in [-0.3, -0.25) is 0 Å². The molecule has 1 saturated carbocycles. The van der Waals surface area contributed by atoms with E-state index >= 15 is 0 Å². The Balaban J connectivity index is 2.21. The highest BCUT2D eigenvalue weighted by Gasteiger charge is 2.31. The normalized spacial score (nSPS) is 14.8. The third kappa shape index (κ3) is 4.13. The third-order valence-corrected chi connectivity index (χ3v) is 4.04. The van der Waals surface area contributed by atoms with E-state index in [1.54, 1.807) is 0 Å². The van der Waals surface area contributed by atoms with Gasteiger partial charge in [-0.15, -0.1) is 0 Å². The van der Waals surface area contributed by atoms with Crippen LogP contribution < -0.4 is 10.2 Å². The van der Waals surface area contributed by atoms with Crippen LogP contribution >= 0.6 is 11.6 Å². The van der Waals surface area contributed by atoms with Crippen molar-refractivity contribution in [2.45, 2.75) is 52.6 Å². The monoisotopic (exact) mass is 294 g/mol. The molecule has 0 heterocycles. The van der Waals surface area contributed by atoms with Crippen LogP contribution in [0.25, 0.3) is 0 Å². The minimum atomic E-state index is 0.672. The summed E-state index contributed by atoms with van der Waals surface area (Å²) in [5.74, 6) is 0.672. The third-order valence-electron chi connectivity index (χ3n) is 3.68. The maximum absolute atomic E-state index is 6.45. The van der Waals surface area contributed by atoms with E-state index in [4.69, 9.17) is 11.6 Å². The number of benzene rings is 1. The minimum absolute atomic E-state index is 0.672. The van der Waals surface area contributed by atoms with Crippen LogP contribution in [0.3, 0.4) is 0 Å². The Morgan fingerprint density at radius 2 is 2.10 bits per heavy atom. The molecule has 1 aliphatic rings. The molecule has 0 aromatic heterocycles. The van der Waals surface area contributed by atoms with Crippen LogP contribution in [0.5, 0.6) is 0 Å². The maximum Gasteiger partial charge on any atom is 0.0471 e. The van der Waals surface area contributed by atoms with Crippen molar-refractivity contribution in [1.82, 2.24) is 5.32 Å². The molecular weight excluding hydrogens is 268 g/mol. The lowest BCUT2D eigenvalue weighted by Gasteiger charge is -2.29. The summed E-state index contributed by atoms with van der Waals surface area (Å²) >= 11 is 6.45. The lowest BCUT2D eigenvalue weighted by Crippen LogP contribution is -2.31. The minimum Gasteiger partial charge on any atom is -0.368 e. The van der Waals surface area contributed by atoms with Gasteiger partial charge in [0.2, 0.25) is 0 Å². The van der Waals surface area contributed by atoms with Gasteiger partial charge in [0.1, 0.15) is 0 Å². The molecule has 0 saturated heterocycles. The van der Waals surface area contributed by atoms with Crippen LogP contribution in [0.2, 0.25) is 5.02 Å². The first-order valence-electron chi connectivity index (χ1n) is 7.88. The summed E-state index contributed by atoms with van der Waals surface area (Å²) in [4.78, 5) is 2.57. The van der Waals surface area contributed by atoms with E-state index in [2.05, 4.69) is 43.1 Å². The van der Waals surface area contributed by atoms with Crippen molar-refractivity contribution in [3.8, 4) is 0 Å². The molecule has 1 aromatic carbocycles. The number of halogens is 1. The Morgan fingerprint density at radius 3 is 2.70 bits per heavy atom. The quantitative estimate of drug-likeness (QED) is 0.712. The predicted molar refractivity (Wildman–Crippen MR) is 88.7 cm³/mol. The van der Waals surface area contributed by atoms with Crippen molar-refractivity contribution < 1.29 is 0 Å². The summed E-state index contributed by atoms with van der Waals surface area (Å²) in [6, 6.07) is 7.04. The van der Waals surface area contributed by atoms with Gasteiger partial charge in [0.25, 0.3) is 0 Å². The molecule has 1 fully saturated rings. The summed E-state index contributed by atoms with van der Waals surface area (Å²) in [5.41, 5.74) is 2.59. The SMILES string of the molecule is CCCNCc1c(Cl)cccc1N(CC(C)C)C1CC1. The van der Waals surface area contributed by atoms with E-state index in [0.717, 1.165) is 37.1 Å². The van der Waals surface area contributed by atoms with Crippen LogP contribution in [0, 0.1) is 5.92 Å². The molecule has 1 aromatic rings. The van der Waals surface area contributed by atoms with Gasteiger partial charge >= 0.3 is 0 Å². The van der Waals surface area contributed by atoms with E-state index in [0.29, 0.717) is 5.92 Å². The predicted octanol–water partition coefficient (Wildman–Crippen LogP) is 4.46. The standard InChI is InChI=1S/C17H27ClN2/c1-4-10-19-11-15-16(18)6-5-7-17(15)20(12-13(2)3)14-8-9-14/h5-7,13-14,19H,4,8-12H2,1-3H3. The number of nitrogens with zero attached hydrogens (tertiary/aromatic N) is 1. The van der Waals surface area contributed by atoms with Gasteiger partial charge in [-0.05, 0) is 43.9 Å². The molecule has 0 bridgehead atoms. The zero-order valence-corrected chi connectivity index (χ0v) is 13.7. The number of hydrogen-bond donors (Lipinski definition) is 1. The molecule has 2 rings (SSSR count). The highest BCUT2D eigenvalue weighted by molar-refractivity contribution is 6.31. The molecule has 0 spiro atoms. The lowest BCUT2D eigenvalue weighted by molar-refractivity contribution is 0.602.